The van der Waals surface area contributed by atoms with Gasteiger partial charge in [-0.25, -0.2) is 5.10 Å². The van der Waals surface area contributed by atoms with Gasteiger partial charge in [0.15, 0.2) is 0 Å². The smallest absolute Gasteiger partial charge is 0.272 e. The Balaban J connectivity index is 1.99. The molecule has 0 radical (unpaired) electrons. The summed E-state index contributed by atoms with van der Waals surface area (Å²) in [5.41, 5.74) is 11.3. The predicted octanol–water partition coefficient (Wildman–Crippen LogP) is 2.88. The van der Waals surface area contributed by atoms with E-state index in [0.717, 1.165) is 34.4 Å². The van der Waals surface area contributed by atoms with E-state index in [0.29, 0.717) is 22.0 Å². The minimum Gasteiger partial charge on any atom is -0.325 e. The van der Waals surface area contributed by atoms with E-state index >= 15 is 0 Å². The van der Waals surface area contributed by atoms with Crippen LogP contribution in [-0.2, 0) is 20.0 Å². The van der Waals surface area contributed by atoms with Crippen LogP contribution in [0, 0.1) is 11.3 Å². The lowest BCUT2D eigenvalue weighted by Gasteiger charge is -2.12. The molecule has 0 aliphatic rings. The number of aromatic nitrogens is 4. The maximum Gasteiger partial charge on any atom is 0.272 e. The number of hydrogen-bond donors (Lipinski definition) is 2. The van der Waals surface area contributed by atoms with E-state index in [1.54, 1.807) is 16.9 Å². The summed E-state index contributed by atoms with van der Waals surface area (Å²) < 4.78 is 1.77. The zero-order valence-corrected chi connectivity index (χ0v) is 16.2. The van der Waals surface area contributed by atoms with Gasteiger partial charge in [0.05, 0.1) is 28.5 Å². The van der Waals surface area contributed by atoms with Crippen LogP contribution in [0.4, 0.5) is 0 Å². The Bertz CT molecular complexity index is 1330. The van der Waals surface area contributed by atoms with Crippen LogP contribution in [0.15, 0.2) is 47.4 Å². The van der Waals surface area contributed by atoms with Crippen LogP contribution in [-0.4, -0.2) is 20.0 Å². The molecule has 0 saturated carbocycles. The maximum absolute atomic E-state index is 12.1. The average Bonchev–Trinajstić information content (AvgIpc) is 3.14. The molecule has 0 unspecified atom stereocenters. The number of aryl methyl sites for hydroxylation is 2. The zero-order valence-electron chi connectivity index (χ0n) is 16.2. The van der Waals surface area contributed by atoms with Crippen molar-refractivity contribution in [3.63, 3.8) is 0 Å². The van der Waals surface area contributed by atoms with Crippen LogP contribution in [0.25, 0.3) is 33.2 Å². The Labute approximate surface area is 167 Å². The van der Waals surface area contributed by atoms with Gasteiger partial charge in [-0.15, -0.1) is 0 Å². The summed E-state index contributed by atoms with van der Waals surface area (Å²) in [7, 11) is 1.86. The van der Waals surface area contributed by atoms with E-state index in [9.17, 15) is 10.1 Å². The van der Waals surface area contributed by atoms with Gasteiger partial charge < -0.3 is 5.73 Å². The van der Waals surface area contributed by atoms with Gasteiger partial charge in [0, 0.05) is 30.1 Å². The molecular weight excluding hydrogens is 364 g/mol. The largest absolute Gasteiger partial charge is 0.325 e. The van der Waals surface area contributed by atoms with Gasteiger partial charge in [0.2, 0.25) is 0 Å². The first-order valence-corrected chi connectivity index (χ1v) is 9.35. The maximum atomic E-state index is 12.1. The Hall–Kier alpha value is -3.76. The first kappa shape index (κ1) is 18.6. The first-order valence-electron chi connectivity index (χ1n) is 9.35. The molecule has 0 spiro atoms. The van der Waals surface area contributed by atoms with Crippen molar-refractivity contribution >= 4 is 10.8 Å². The molecule has 29 heavy (non-hydrogen) atoms. The van der Waals surface area contributed by atoms with Gasteiger partial charge in [-0.2, -0.15) is 15.5 Å². The molecular formula is C22H20N6O. The summed E-state index contributed by atoms with van der Waals surface area (Å²) in [6.45, 7) is 2.25. The number of nitrogens with one attached hydrogen (secondary N) is 1. The number of H-pyrrole nitrogens is 1. The van der Waals surface area contributed by atoms with Gasteiger partial charge in [-0.3, -0.25) is 9.48 Å². The van der Waals surface area contributed by atoms with E-state index < -0.39 is 0 Å². The molecule has 2 aromatic heterocycles. The number of fused-ring (bicyclic) bond motifs is 1. The summed E-state index contributed by atoms with van der Waals surface area (Å²) in [6.07, 6.45) is 2.55. The predicted molar refractivity (Wildman–Crippen MR) is 112 cm³/mol. The molecule has 7 heteroatoms. The number of nitrogens with two attached hydrogens (primary N) is 1. The zero-order chi connectivity index (χ0) is 20.5. The molecule has 3 N–H and O–H groups in total. The highest BCUT2D eigenvalue weighted by Gasteiger charge is 2.18. The van der Waals surface area contributed by atoms with Crippen molar-refractivity contribution in [2.75, 3.05) is 0 Å². The number of rotatable bonds is 4. The average molecular weight is 384 g/mol. The van der Waals surface area contributed by atoms with E-state index in [4.69, 9.17) is 5.73 Å². The highest BCUT2D eigenvalue weighted by molar-refractivity contribution is 5.91. The van der Waals surface area contributed by atoms with Gasteiger partial charge in [-0.05, 0) is 29.7 Å². The third-order valence-corrected chi connectivity index (χ3v) is 5.21. The van der Waals surface area contributed by atoms with Gasteiger partial charge in [-0.1, -0.05) is 31.2 Å². The lowest BCUT2D eigenvalue weighted by atomic mass is 9.93. The summed E-state index contributed by atoms with van der Waals surface area (Å²) in [6, 6.07) is 13.8. The van der Waals surface area contributed by atoms with Crippen molar-refractivity contribution in [2.24, 2.45) is 12.8 Å². The minimum absolute atomic E-state index is 0.216. The quantitative estimate of drug-likeness (QED) is 0.562. The van der Waals surface area contributed by atoms with Gasteiger partial charge in [0.25, 0.3) is 5.56 Å². The van der Waals surface area contributed by atoms with E-state index in [1.807, 2.05) is 44.3 Å². The summed E-state index contributed by atoms with van der Waals surface area (Å²) in [4.78, 5) is 12.1. The van der Waals surface area contributed by atoms with Crippen LogP contribution in [0.2, 0.25) is 0 Å². The summed E-state index contributed by atoms with van der Waals surface area (Å²) in [5.74, 6) is 0. The molecule has 4 aromatic rings. The lowest BCUT2D eigenvalue weighted by molar-refractivity contribution is 0.775. The second-order valence-corrected chi connectivity index (χ2v) is 6.80. The van der Waals surface area contributed by atoms with Crippen molar-refractivity contribution in [3.8, 4) is 28.5 Å². The van der Waals surface area contributed by atoms with Crippen LogP contribution in [0.5, 0.6) is 0 Å². The highest BCUT2D eigenvalue weighted by Crippen LogP contribution is 2.35. The molecule has 0 bridgehead atoms. The molecule has 2 aromatic carbocycles. The molecule has 0 saturated heterocycles. The summed E-state index contributed by atoms with van der Waals surface area (Å²) >= 11 is 0. The number of nitrogens with zero attached hydrogens (tertiary/aromatic N) is 4. The molecule has 144 valence electrons. The van der Waals surface area contributed by atoms with Crippen LogP contribution < -0.4 is 11.3 Å². The molecule has 2 heterocycles. The van der Waals surface area contributed by atoms with E-state index in [2.05, 4.69) is 21.4 Å². The molecule has 0 aliphatic carbocycles. The third-order valence-electron chi connectivity index (χ3n) is 5.21. The van der Waals surface area contributed by atoms with Gasteiger partial charge in [0.1, 0.15) is 6.07 Å². The Morgan fingerprint density at radius 2 is 2.03 bits per heavy atom. The first-order chi connectivity index (χ1) is 14.1. The Kier molecular flexibility index (Phi) is 4.71. The SMILES string of the molecule is CCc1cccc(-c2c(-c3ccc4c(=O)[nH]nc(CN)c4c3)cnn2C)c1C#N. The molecule has 4 rings (SSSR count). The number of benzene rings is 2. The molecule has 7 nitrogen and oxygen atoms in total. The van der Waals surface area contributed by atoms with Crippen molar-refractivity contribution < 1.29 is 0 Å². The third kappa shape index (κ3) is 3.00. The number of nitriles is 1. The lowest BCUT2D eigenvalue weighted by Crippen LogP contribution is -2.13. The minimum atomic E-state index is -0.252. The number of aromatic amines is 1. The monoisotopic (exact) mass is 384 g/mol. The fraction of sp³-hybridized carbons (Fsp3) is 0.182. The number of hydrogen-bond acceptors (Lipinski definition) is 5. The standard InChI is InChI=1S/C22H20N6O/c1-3-13-5-4-6-15(18(13)10-23)21-19(12-25-28(21)2)14-7-8-16-17(9-14)20(11-24)26-27-22(16)29/h4-9,12H,3,11,24H2,1-2H3,(H,27,29). The van der Waals surface area contributed by atoms with Crippen LogP contribution in [0.1, 0.15) is 23.7 Å². The van der Waals surface area contributed by atoms with Crippen molar-refractivity contribution in [3.05, 3.63) is 69.8 Å². The second-order valence-electron chi connectivity index (χ2n) is 6.80. The van der Waals surface area contributed by atoms with Gasteiger partial charge >= 0.3 is 0 Å². The fourth-order valence-corrected chi connectivity index (χ4v) is 3.74. The van der Waals surface area contributed by atoms with E-state index in [-0.39, 0.29) is 12.1 Å². The van der Waals surface area contributed by atoms with E-state index in [1.165, 1.54) is 0 Å². The van der Waals surface area contributed by atoms with Crippen LogP contribution >= 0.6 is 0 Å². The molecule has 0 aliphatic heterocycles. The normalized spacial score (nSPS) is 11.0. The fourth-order valence-electron chi connectivity index (χ4n) is 3.74. The Morgan fingerprint density at radius 3 is 2.76 bits per heavy atom. The summed E-state index contributed by atoms with van der Waals surface area (Å²) in [5, 5.41) is 22.0. The van der Waals surface area contributed by atoms with Crippen LogP contribution in [0.3, 0.4) is 0 Å². The topological polar surface area (TPSA) is 113 Å². The Morgan fingerprint density at radius 1 is 1.21 bits per heavy atom. The second kappa shape index (κ2) is 7.34. The highest BCUT2D eigenvalue weighted by atomic mass is 16.1. The van der Waals surface area contributed by atoms with Crippen molar-refractivity contribution in [2.45, 2.75) is 19.9 Å². The van der Waals surface area contributed by atoms with Crippen molar-refractivity contribution in [1.29, 1.82) is 5.26 Å². The molecule has 0 amide bonds. The molecule has 0 atom stereocenters. The molecule has 0 fully saturated rings. The van der Waals surface area contributed by atoms with Crippen molar-refractivity contribution in [1.82, 2.24) is 20.0 Å².